The summed E-state index contributed by atoms with van der Waals surface area (Å²) in [6, 6.07) is 3.11. The minimum atomic E-state index is -0.921. The topological polar surface area (TPSA) is 67.2 Å². The molecule has 8 heteroatoms. The van der Waals surface area contributed by atoms with Crippen LogP contribution >= 0.6 is 0 Å². The molecule has 1 aromatic heterocycles. The van der Waals surface area contributed by atoms with Crippen molar-refractivity contribution in [1.82, 2.24) is 19.8 Å². The average Bonchev–Trinajstić information content (AvgIpc) is 3.16. The number of amides is 2. The predicted molar refractivity (Wildman–Crippen MR) is 90.4 cm³/mol. The molecule has 2 aromatic rings. The molecule has 0 saturated carbocycles. The molecule has 1 aliphatic rings. The van der Waals surface area contributed by atoms with Crippen LogP contribution in [0.1, 0.15) is 35.7 Å². The van der Waals surface area contributed by atoms with E-state index in [1.54, 1.807) is 17.4 Å². The number of nitrogens with one attached hydrogen (secondary N) is 1. The van der Waals surface area contributed by atoms with Crippen LogP contribution < -0.4 is 5.32 Å². The molecule has 26 heavy (non-hydrogen) atoms. The van der Waals surface area contributed by atoms with Crippen molar-refractivity contribution in [2.45, 2.75) is 25.3 Å². The molecule has 1 fully saturated rings. The molecule has 1 aliphatic heterocycles. The van der Waals surface area contributed by atoms with E-state index in [4.69, 9.17) is 0 Å². The van der Waals surface area contributed by atoms with E-state index in [1.165, 1.54) is 0 Å². The highest BCUT2D eigenvalue weighted by molar-refractivity contribution is 5.94. The number of halogens is 2. The Labute approximate surface area is 149 Å². The zero-order valence-electron chi connectivity index (χ0n) is 14.2. The first-order chi connectivity index (χ1) is 12.5. The Morgan fingerprint density at radius 2 is 2.00 bits per heavy atom. The molecule has 0 atom stereocenters. The van der Waals surface area contributed by atoms with E-state index in [0.717, 1.165) is 25.0 Å². The number of hydrogen-bond acceptors (Lipinski definition) is 3. The molecule has 0 unspecified atom stereocenters. The molecule has 1 saturated heterocycles. The second kappa shape index (κ2) is 8.07. The number of piperidine rings is 1. The van der Waals surface area contributed by atoms with Crippen LogP contribution in [0.2, 0.25) is 0 Å². The maximum absolute atomic E-state index is 13.5. The lowest BCUT2D eigenvalue weighted by Crippen LogP contribution is -2.40. The molecular weight excluding hydrogens is 342 g/mol. The van der Waals surface area contributed by atoms with Gasteiger partial charge in [-0.15, -0.1) is 0 Å². The summed E-state index contributed by atoms with van der Waals surface area (Å²) in [6.45, 7) is 1.42. The Hall–Kier alpha value is -2.77. The fourth-order valence-electron chi connectivity index (χ4n) is 3.11. The highest BCUT2D eigenvalue weighted by atomic mass is 19.1. The van der Waals surface area contributed by atoms with E-state index in [9.17, 15) is 18.4 Å². The van der Waals surface area contributed by atoms with Crippen molar-refractivity contribution in [3.8, 4) is 0 Å². The van der Waals surface area contributed by atoms with Crippen molar-refractivity contribution in [3.05, 3.63) is 54.1 Å². The molecule has 2 amide bonds. The van der Waals surface area contributed by atoms with E-state index in [-0.39, 0.29) is 24.4 Å². The number of carbonyl (C=O) groups excluding carboxylic acids is 2. The summed E-state index contributed by atoms with van der Waals surface area (Å²) >= 11 is 0. The Bertz CT molecular complexity index is 772. The number of hydrogen-bond donors (Lipinski definition) is 1. The first-order valence-electron chi connectivity index (χ1n) is 8.53. The summed E-state index contributed by atoms with van der Waals surface area (Å²) in [5, 5.41) is 2.50. The van der Waals surface area contributed by atoms with E-state index in [2.05, 4.69) is 14.9 Å². The lowest BCUT2D eigenvalue weighted by molar-refractivity contribution is -0.132. The maximum Gasteiger partial charge on any atom is 0.254 e. The summed E-state index contributed by atoms with van der Waals surface area (Å²) in [5.41, 5.74) is -0.236. The maximum atomic E-state index is 13.5. The van der Waals surface area contributed by atoms with Gasteiger partial charge in [0, 0.05) is 50.6 Å². The third-order valence-corrected chi connectivity index (χ3v) is 4.56. The standard InChI is InChI=1S/C18H20F2N4O2/c19-13-1-2-15(16(20)11-13)18(26)22-6-3-17(25)23-8-4-14(5-9-23)24-10-7-21-12-24/h1-2,7,10-12,14H,3-6,8-9H2,(H,22,26). The van der Waals surface area contributed by atoms with Crippen LogP contribution in [0.5, 0.6) is 0 Å². The Balaban J connectivity index is 1.42. The van der Waals surface area contributed by atoms with Gasteiger partial charge in [-0.2, -0.15) is 0 Å². The number of benzene rings is 1. The number of rotatable bonds is 5. The first kappa shape index (κ1) is 18.0. The summed E-state index contributed by atoms with van der Waals surface area (Å²) in [7, 11) is 0. The van der Waals surface area contributed by atoms with Gasteiger partial charge in [0.05, 0.1) is 11.9 Å². The number of aromatic nitrogens is 2. The van der Waals surface area contributed by atoms with Gasteiger partial charge in [-0.3, -0.25) is 9.59 Å². The normalized spacial score (nSPS) is 15.1. The lowest BCUT2D eigenvalue weighted by atomic mass is 10.0. The fourth-order valence-corrected chi connectivity index (χ4v) is 3.11. The van der Waals surface area contributed by atoms with Gasteiger partial charge in [0.2, 0.25) is 5.91 Å². The van der Waals surface area contributed by atoms with Gasteiger partial charge in [0.25, 0.3) is 5.91 Å². The Kier molecular flexibility index (Phi) is 5.60. The summed E-state index contributed by atoms with van der Waals surface area (Å²) in [5.74, 6) is -2.37. The molecule has 3 rings (SSSR count). The van der Waals surface area contributed by atoms with Crippen molar-refractivity contribution < 1.29 is 18.4 Å². The van der Waals surface area contributed by atoms with Gasteiger partial charge in [-0.25, -0.2) is 13.8 Å². The molecule has 2 heterocycles. The van der Waals surface area contributed by atoms with Crippen LogP contribution in [0, 0.1) is 11.6 Å². The van der Waals surface area contributed by atoms with E-state index in [1.807, 2.05) is 6.20 Å². The molecule has 0 aliphatic carbocycles. The third kappa shape index (κ3) is 4.25. The van der Waals surface area contributed by atoms with Gasteiger partial charge >= 0.3 is 0 Å². The van der Waals surface area contributed by atoms with Crippen LogP contribution in [0.3, 0.4) is 0 Å². The molecule has 0 bridgehead atoms. The summed E-state index contributed by atoms with van der Waals surface area (Å²) in [4.78, 5) is 30.0. The van der Waals surface area contributed by atoms with Crippen LogP contribution in [-0.2, 0) is 4.79 Å². The average molecular weight is 362 g/mol. The lowest BCUT2D eigenvalue weighted by Gasteiger charge is -2.32. The van der Waals surface area contributed by atoms with Gasteiger partial charge < -0.3 is 14.8 Å². The van der Waals surface area contributed by atoms with Crippen molar-refractivity contribution >= 4 is 11.8 Å². The number of carbonyl (C=O) groups is 2. The van der Waals surface area contributed by atoms with Gasteiger partial charge in [-0.1, -0.05) is 0 Å². The van der Waals surface area contributed by atoms with Crippen molar-refractivity contribution in [3.63, 3.8) is 0 Å². The minimum Gasteiger partial charge on any atom is -0.351 e. The molecule has 6 nitrogen and oxygen atoms in total. The fraction of sp³-hybridized carbons (Fsp3) is 0.389. The van der Waals surface area contributed by atoms with Crippen LogP contribution in [0.4, 0.5) is 8.78 Å². The highest BCUT2D eigenvalue weighted by Gasteiger charge is 2.23. The Morgan fingerprint density at radius 3 is 2.65 bits per heavy atom. The number of nitrogens with zero attached hydrogens (tertiary/aromatic N) is 3. The SMILES string of the molecule is O=C(NCCC(=O)N1CCC(n2ccnc2)CC1)c1ccc(F)cc1F. The van der Waals surface area contributed by atoms with E-state index >= 15 is 0 Å². The third-order valence-electron chi connectivity index (χ3n) is 4.56. The summed E-state index contributed by atoms with van der Waals surface area (Å²) in [6.07, 6.45) is 7.30. The zero-order valence-corrected chi connectivity index (χ0v) is 14.2. The molecule has 1 aromatic carbocycles. The van der Waals surface area contributed by atoms with Gasteiger partial charge in [-0.05, 0) is 25.0 Å². The number of imidazole rings is 1. The van der Waals surface area contributed by atoms with Crippen LogP contribution in [0.15, 0.2) is 36.9 Å². The van der Waals surface area contributed by atoms with E-state index < -0.39 is 17.5 Å². The Morgan fingerprint density at radius 1 is 1.23 bits per heavy atom. The minimum absolute atomic E-state index is 0.0473. The molecule has 1 N–H and O–H groups in total. The highest BCUT2D eigenvalue weighted by Crippen LogP contribution is 2.22. The van der Waals surface area contributed by atoms with E-state index in [0.29, 0.717) is 25.2 Å². The quantitative estimate of drug-likeness (QED) is 0.886. The van der Waals surface area contributed by atoms with Crippen molar-refractivity contribution in [2.24, 2.45) is 0 Å². The largest absolute Gasteiger partial charge is 0.351 e. The first-order valence-corrected chi connectivity index (χ1v) is 8.53. The molecular formula is C18H20F2N4O2. The van der Waals surface area contributed by atoms with Crippen molar-refractivity contribution in [1.29, 1.82) is 0 Å². The van der Waals surface area contributed by atoms with Gasteiger partial charge in [0.15, 0.2) is 0 Å². The predicted octanol–water partition coefficient (Wildman–Crippen LogP) is 2.14. The monoisotopic (exact) mass is 362 g/mol. The zero-order chi connectivity index (χ0) is 18.5. The molecule has 138 valence electrons. The van der Waals surface area contributed by atoms with Gasteiger partial charge in [0.1, 0.15) is 11.6 Å². The van der Waals surface area contributed by atoms with Crippen LogP contribution in [0.25, 0.3) is 0 Å². The van der Waals surface area contributed by atoms with Crippen LogP contribution in [-0.4, -0.2) is 45.9 Å². The molecule has 0 spiro atoms. The number of likely N-dealkylation sites (tertiary alicyclic amines) is 1. The van der Waals surface area contributed by atoms with Crippen molar-refractivity contribution in [2.75, 3.05) is 19.6 Å². The second-order valence-corrected chi connectivity index (χ2v) is 6.25. The summed E-state index contributed by atoms with van der Waals surface area (Å²) < 4.78 is 28.5. The smallest absolute Gasteiger partial charge is 0.254 e. The second-order valence-electron chi connectivity index (χ2n) is 6.25. The molecule has 0 radical (unpaired) electrons.